The quantitative estimate of drug-likeness (QED) is 0.740. The summed E-state index contributed by atoms with van der Waals surface area (Å²) in [6.45, 7) is 6.00. The van der Waals surface area contributed by atoms with Gasteiger partial charge in [-0.05, 0) is 25.8 Å². The molecule has 0 unspecified atom stereocenters. The Morgan fingerprint density at radius 3 is 2.75 bits per heavy atom. The Balaban J connectivity index is 1.70. The van der Waals surface area contributed by atoms with E-state index in [1.165, 1.54) is 45.3 Å². The largest absolute Gasteiger partial charge is 0.396 e. The Morgan fingerprint density at radius 1 is 1.25 bits per heavy atom. The molecule has 0 aliphatic carbocycles. The first-order valence-electron chi connectivity index (χ1n) is 8.07. The zero-order valence-electron chi connectivity index (χ0n) is 12.7. The molecular weight excluding hydrogens is 252 g/mol. The molecule has 5 nitrogen and oxygen atoms in total. The van der Waals surface area contributed by atoms with E-state index in [1.807, 2.05) is 10.9 Å². The highest BCUT2D eigenvalue weighted by Crippen LogP contribution is 2.22. The summed E-state index contributed by atoms with van der Waals surface area (Å²) in [5, 5.41) is 17.2. The molecule has 5 heteroatoms. The Bertz CT molecular complexity index is 372. The predicted molar refractivity (Wildman–Crippen MR) is 79.7 cm³/mol. The molecule has 1 saturated heterocycles. The Kier molecular flexibility index (Phi) is 6.47. The number of unbranched alkanes of at least 4 members (excludes halogenated alkanes) is 3. The second-order valence-corrected chi connectivity index (χ2v) is 5.80. The topological polar surface area (TPSA) is 54.2 Å². The van der Waals surface area contributed by atoms with Crippen LogP contribution in [0.1, 0.15) is 57.2 Å². The van der Waals surface area contributed by atoms with E-state index >= 15 is 0 Å². The van der Waals surface area contributed by atoms with Gasteiger partial charge in [0.2, 0.25) is 0 Å². The average Bonchev–Trinajstić information content (AvgIpc) is 2.93. The van der Waals surface area contributed by atoms with Crippen LogP contribution in [0.2, 0.25) is 0 Å². The summed E-state index contributed by atoms with van der Waals surface area (Å²) in [4.78, 5) is 2.58. The van der Waals surface area contributed by atoms with Crippen LogP contribution in [0, 0.1) is 0 Å². The fraction of sp³-hybridized carbons (Fsp3) is 0.867. The lowest BCUT2D eigenvalue weighted by Gasteiger charge is -2.31. The van der Waals surface area contributed by atoms with E-state index in [4.69, 9.17) is 5.11 Å². The van der Waals surface area contributed by atoms with Gasteiger partial charge in [-0.15, -0.1) is 5.10 Å². The van der Waals surface area contributed by atoms with Crippen molar-refractivity contribution in [2.24, 2.45) is 0 Å². The number of hydrogen-bond acceptors (Lipinski definition) is 4. The molecule has 0 bridgehead atoms. The zero-order valence-corrected chi connectivity index (χ0v) is 12.7. The van der Waals surface area contributed by atoms with Crippen molar-refractivity contribution in [3.63, 3.8) is 0 Å². The average molecular weight is 280 g/mol. The molecule has 1 fully saturated rings. The molecule has 2 rings (SSSR count). The third-order valence-electron chi connectivity index (χ3n) is 4.18. The lowest BCUT2D eigenvalue weighted by molar-refractivity contribution is 0.176. The summed E-state index contributed by atoms with van der Waals surface area (Å²) in [5.74, 6) is 0. The Morgan fingerprint density at radius 2 is 2.05 bits per heavy atom. The van der Waals surface area contributed by atoms with Gasteiger partial charge in [0.15, 0.2) is 0 Å². The Hall–Kier alpha value is -0.940. The minimum Gasteiger partial charge on any atom is -0.396 e. The maximum Gasteiger partial charge on any atom is 0.0850 e. The minimum atomic E-state index is 0.148. The predicted octanol–water partition coefficient (Wildman–Crippen LogP) is 2.03. The SMILES string of the molecule is CCCCCCN1CCC(n2cc(CCO)nn2)CC1. The molecule has 1 aromatic heterocycles. The smallest absolute Gasteiger partial charge is 0.0850 e. The maximum atomic E-state index is 8.91. The summed E-state index contributed by atoms with van der Waals surface area (Å²) < 4.78 is 2.00. The summed E-state index contributed by atoms with van der Waals surface area (Å²) in [6, 6.07) is 0.488. The monoisotopic (exact) mass is 280 g/mol. The van der Waals surface area contributed by atoms with Crippen LogP contribution in [0.25, 0.3) is 0 Å². The van der Waals surface area contributed by atoms with Crippen molar-refractivity contribution in [2.75, 3.05) is 26.2 Å². The van der Waals surface area contributed by atoms with Gasteiger partial charge in [0.05, 0.1) is 11.7 Å². The van der Waals surface area contributed by atoms with Crippen LogP contribution in [0.15, 0.2) is 6.20 Å². The number of likely N-dealkylation sites (tertiary alicyclic amines) is 1. The molecule has 0 amide bonds. The van der Waals surface area contributed by atoms with E-state index in [-0.39, 0.29) is 6.61 Å². The fourth-order valence-electron chi connectivity index (χ4n) is 2.89. The van der Waals surface area contributed by atoms with Crippen LogP contribution >= 0.6 is 0 Å². The van der Waals surface area contributed by atoms with Crippen LogP contribution in [0.5, 0.6) is 0 Å². The summed E-state index contributed by atoms with van der Waals surface area (Å²) in [6.07, 6.45) is 10.3. The lowest BCUT2D eigenvalue weighted by atomic mass is 10.0. The summed E-state index contributed by atoms with van der Waals surface area (Å²) in [7, 11) is 0. The number of aliphatic hydroxyl groups is 1. The molecule has 0 saturated carbocycles. The van der Waals surface area contributed by atoms with Crippen LogP contribution in [-0.4, -0.2) is 51.2 Å². The third kappa shape index (κ3) is 4.56. The fourth-order valence-corrected chi connectivity index (χ4v) is 2.89. The van der Waals surface area contributed by atoms with Gasteiger partial charge in [0.25, 0.3) is 0 Å². The van der Waals surface area contributed by atoms with Gasteiger partial charge in [0, 0.05) is 32.3 Å². The van der Waals surface area contributed by atoms with Crippen molar-refractivity contribution in [1.82, 2.24) is 19.9 Å². The number of nitrogens with zero attached hydrogens (tertiary/aromatic N) is 4. The highest BCUT2D eigenvalue weighted by atomic mass is 16.3. The van der Waals surface area contributed by atoms with E-state index in [2.05, 4.69) is 22.1 Å². The molecule has 1 aliphatic heterocycles. The summed E-state index contributed by atoms with van der Waals surface area (Å²) >= 11 is 0. The minimum absolute atomic E-state index is 0.148. The van der Waals surface area contributed by atoms with Gasteiger partial charge in [-0.25, -0.2) is 4.68 Å². The highest BCUT2D eigenvalue weighted by Gasteiger charge is 2.21. The van der Waals surface area contributed by atoms with Gasteiger partial charge in [-0.1, -0.05) is 31.4 Å². The number of hydrogen-bond donors (Lipinski definition) is 1. The molecule has 0 spiro atoms. The number of piperidine rings is 1. The number of aromatic nitrogens is 3. The molecule has 1 aliphatic rings. The second kappa shape index (κ2) is 8.37. The van der Waals surface area contributed by atoms with E-state index < -0.39 is 0 Å². The van der Waals surface area contributed by atoms with Crippen molar-refractivity contribution in [3.05, 3.63) is 11.9 Å². The van der Waals surface area contributed by atoms with E-state index in [1.54, 1.807) is 0 Å². The van der Waals surface area contributed by atoms with E-state index in [0.717, 1.165) is 18.5 Å². The molecule has 2 heterocycles. The van der Waals surface area contributed by atoms with Gasteiger partial charge < -0.3 is 10.0 Å². The zero-order chi connectivity index (χ0) is 14.2. The lowest BCUT2D eigenvalue weighted by Crippen LogP contribution is -2.35. The van der Waals surface area contributed by atoms with Gasteiger partial charge >= 0.3 is 0 Å². The molecule has 20 heavy (non-hydrogen) atoms. The second-order valence-electron chi connectivity index (χ2n) is 5.80. The maximum absolute atomic E-state index is 8.91. The van der Waals surface area contributed by atoms with Crippen molar-refractivity contribution in [2.45, 2.75) is 57.9 Å². The van der Waals surface area contributed by atoms with Crippen LogP contribution in [0.4, 0.5) is 0 Å². The first-order chi connectivity index (χ1) is 9.83. The molecule has 1 aromatic rings. The molecular formula is C15H28N4O. The number of rotatable bonds is 8. The molecule has 0 atom stereocenters. The Labute approximate surface area is 122 Å². The van der Waals surface area contributed by atoms with Crippen molar-refractivity contribution in [3.8, 4) is 0 Å². The number of aliphatic hydroxyl groups excluding tert-OH is 1. The van der Waals surface area contributed by atoms with Crippen LogP contribution in [-0.2, 0) is 6.42 Å². The standard InChI is InChI=1S/C15H28N4O/c1-2-3-4-5-9-18-10-6-15(7-11-18)19-13-14(8-12-20)16-17-19/h13,15,20H,2-12H2,1H3. The molecule has 114 valence electrons. The van der Waals surface area contributed by atoms with Crippen molar-refractivity contribution < 1.29 is 5.11 Å². The van der Waals surface area contributed by atoms with Gasteiger partial charge in [-0.3, -0.25) is 0 Å². The van der Waals surface area contributed by atoms with Crippen LogP contribution < -0.4 is 0 Å². The molecule has 0 radical (unpaired) electrons. The molecule has 1 N–H and O–H groups in total. The first kappa shape index (κ1) is 15.4. The summed E-state index contributed by atoms with van der Waals surface area (Å²) in [5.41, 5.74) is 0.898. The third-order valence-corrected chi connectivity index (χ3v) is 4.18. The van der Waals surface area contributed by atoms with Gasteiger partial charge in [0.1, 0.15) is 0 Å². The first-order valence-corrected chi connectivity index (χ1v) is 8.07. The van der Waals surface area contributed by atoms with Crippen molar-refractivity contribution in [1.29, 1.82) is 0 Å². The molecule has 0 aromatic carbocycles. The van der Waals surface area contributed by atoms with E-state index in [0.29, 0.717) is 12.5 Å². The van der Waals surface area contributed by atoms with E-state index in [9.17, 15) is 0 Å². The highest BCUT2D eigenvalue weighted by molar-refractivity contribution is 4.94. The van der Waals surface area contributed by atoms with Crippen LogP contribution in [0.3, 0.4) is 0 Å². The normalized spacial score (nSPS) is 17.7. The van der Waals surface area contributed by atoms with Gasteiger partial charge in [-0.2, -0.15) is 0 Å². The van der Waals surface area contributed by atoms with Crippen molar-refractivity contribution >= 4 is 0 Å².